The van der Waals surface area contributed by atoms with Crippen molar-refractivity contribution >= 4 is 21.7 Å². The molecule has 6 nitrogen and oxygen atoms in total. The summed E-state index contributed by atoms with van der Waals surface area (Å²) in [5.74, 6) is -2.59. The van der Waals surface area contributed by atoms with Crippen LogP contribution >= 0.6 is 0 Å². The molecule has 0 spiro atoms. The molecule has 7 heteroatoms. The lowest BCUT2D eigenvalue weighted by Crippen LogP contribution is -2.35. The van der Waals surface area contributed by atoms with Crippen molar-refractivity contribution in [3.8, 4) is 0 Å². The molecule has 0 radical (unpaired) electrons. The molecule has 1 aliphatic heterocycles. The van der Waals surface area contributed by atoms with E-state index in [0.717, 1.165) is 5.56 Å². The van der Waals surface area contributed by atoms with Crippen molar-refractivity contribution < 1.29 is 23.1 Å². The predicted molar refractivity (Wildman–Crippen MR) is 85.7 cm³/mol. The highest BCUT2D eigenvalue weighted by Gasteiger charge is 2.32. The minimum absolute atomic E-state index is 0.0379. The van der Waals surface area contributed by atoms with Gasteiger partial charge in [0.2, 0.25) is 5.91 Å². The van der Waals surface area contributed by atoms with Gasteiger partial charge in [-0.1, -0.05) is 30.3 Å². The lowest BCUT2D eigenvalue weighted by atomic mass is 10.1. The summed E-state index contributed by atoms with van der Waals surface area (Å²) >= 11 is 0. The minimum atomic E-state index is -3.46. The van der Waals surface area contributed by atoms with Gasteiger partial charge in [0.1, 0.15) is 5.75 Å². The molecule has 0 saturated carbocycles. The van der Waals surface area contributed by atoms with Crippen molar-refractivity contribution in [1.29, 1.82) is 0 Å². The molecule has 23 heavy (non-hydrogen) atoms. The molecular weight excluding hydrogens is 318 g/mol. The van der Waals surface area contributed by atoms with E-state index in [9.17, 15) is 18.0 Å². The third-order valence-corrected chi connectivity index (χ3v) is 5.59. The van der Waals surface area contributed by atoms with Crippen LogP contribution in [0.2, 0.25) is 0 Å². The quantitative estimate of drug-likeness (QED) is 0.799. The normalized spacial score (nSPS) is 18.1. The first kappa shape index (κ1) is 17.5. The molecule has 0 bridgehead atoms. The SMILES string of the molecule is O=C(O)[C@H]1CCN(C(=O)CS(=O)(=O)CCCc2ccccc2)C1. The van der Waals surface area contributed by atoms with E-state index < -0.39 is 33.4 Å². The van der Waals surface area contributed by atoms with Crippen molar-refractivity contribution in [3.05, 3.63) is 35.9 Å². The number of carbonyl (C=O) groups excluding carboxylic acids is 1. The van der Waals surface area contributed by atoms with Crippen LogP contribution in [0.15, 0.2) is 30.3 Å². The number of likely N-dealkylation sites (tertiary alicyclic amines) is 1. The maximum Gasteiger partial charge on any atom is 0.308 e. The highest BCUT2D eigenvalue weighted by atomic mass is 32.2. The number of hydrogen-bond acceptors (Lipinski definition) is 4. The summed E-state index contributed by atoms with van der Waals surface area (Å²) in [7, 11) is -3.46. The summed E-state index contributed by atoms with van der Waals surface area (Å²) in [4.78, 5) is 24.2. The van der Waals surface area contributed by atoms with E-state index in [1.165, 1.54) is 4.90 Å². The lowest BCUT2D eigenvalue weighted by Gasteiger charge is -2.15. The molecule has 1 amide bonds. The highest BCUT2D eigenvalue weighted by molar-refractivity contribution is 7.92. The standard InChI is InChI=1S/C16H21NO5S/c18-15(17-9-8-14(11-17)16(19)20)12-23(21,22)10-4-7-13-5-2-1-3-6-13/h1-3,5-6,14H,4,7-12H2,(H,19,20)/t14-/m0/s1. The molecule has 1 saturated heterocycles. The number of rotatable bonds is 7. The van der Waals surface area contributed by atoms with Gasteiger partial charge in [-0.25, -0.2) is 8.42 Å². The summed E-state index contributed by atoms with van der Waals surface area (Å²) < 4.78 is 24.1. The van der Waals surface area contributed by atoms with Crippen molar-refractivity contribution in [1.82, 2.24) is 4.90 Å². The molecule has 1 fully saturated rings. The minimum Gasteiger partial charge on any atom is -0.481 e. The fraction of sp³-hybridized carbons (Fsp3) is 0.500. The Kier molecular flexibility index (Phi) is 5.76. The van der Waals surface area contributed by atoms with Crippen molar-refractivity contribution in [3.63, 3.8) is 0 Å². The molecule has 1 atom stereocenters. The van der Waals surface area contributed by atoms with Gasteiger partial charge in [-0.3, -0.25) is 9.59 Å². The molecule has 1 aliphatic rings. The molecule has 126 valence electrons. The van der Waals surface area contributed by atoms with E-state index in [2.05, 4.69) is 0 Å². The molecule has 1 aromatic rings. The molecule has 1 aromatic carbocycles. The third-order valence-electron chi connectivity index (χ3n) is 4.00. The maximum atomic E-state index is 12.0. The Labute approximate surface area is 136 Å². The highest BCUT2D eigenvalue weighted by Crippen LogP contribution is 2.17. The predicted octanol–water partition coefficient (Wildman–Crippen LogP) is 0.967. The van der Waals surface area contributed by atoms with Crippen molar-refractivity contribution in [2.45, 2.75) is 19.3 Å². The van der Waals surface area contributed by atoms with E-state index in [4.69, 9.17) is 5.11 Å². The van der Waals surface area contributed by atoms with Gasteiger partial charge in [0.25, 0.3) is 0 Å². The van der Waals surface area contributed by atoms with Gasteiger partial charge in [-0.05, 0) is 24.8 Å². The molecule has 0 unspecified atom stereocenters. The molecule has 0 aromatic heterocycles. The average molecular weight is 339 g/mol. The zero-order chi connectivity index (χ0) is 16.9. The van der Waals surface area contributed by atoms with Crippen molar-refractivity contribution in [2.24, 2.45) is 5.92 Å². The van der Waals surface area contributed by atoms with Crippen LogP contribution in [0, 0.1) is 5.92 Å². The smallest absolute Gasteiger partial charge is 0.308 e. The van der Waals surface area contributed by atoms with Crippen LogP contribution in [0.25, 0.3) is 0 Å². The number of benzene rings is 1. The number of nitrogens with zero attached hydrogens (tertiary/aromatic N) is 1. The Bertz CT molecular complexity index is 656. The van der Waals surface area contributed by atoms with Crippen LogP contribution in [0.3, 0.4) is 0 Å². The number of aryl methyl sites for hydroxylation is 1. The summed E-state index contributed by atoms with van der Waals surface area (Å²) in [6, 6.07) is 9.58. The van der Waals surface area contributed by atoms with Crippen molar-refractivity contribution in [2.75, 3.05) is 24.6 Å². The van der Waals surface area contributed by atoms with Crippen LogP contribution in [0.5, 0.6) is 0 Å². The third kappa shape index (κ3) is 5.35. The molecule has 0 aliphatic carbocycles. The number of aliphatic carboxylic acids is 1. The Morgan fingerprint density at radius 2 is 1.91 bits per heavy atom. The maximum absolute atomic E-state index is 12.0. The number of hydrogen-bond donors (Lipinski definition) is 1. The van der Waals surface area contributed by atoms with E-state index in [-0.39, 0.29) is 12.3 Å². The second-order valence-corrected chi connectivity index (χ2v) is 8.03. The van der Waals surface area contributed by atoms with E-state index in [0.29, 0.717) is 25.8 Å². The van der Waals surface area contributed by atoms with Gasteiger partial charge in [0.15, 0.2) is 9.84 Å². The van der Waals surface area contributed by atoms with Gasteiger partial charge >= 0.3 is 5.97 Å². The summed E-state index contributed by atoms with van der Waals surface area (Å²) in [5, 5.41) is 8.91. The lowest BCUT2D eigenvalue weighted by molar-refractivity contribution is -0.141. The zero-order valence-electron chi connectivity index (χ0n) is 12.8. The van der Waals surface area contributed by atoms with Crippen LogP contribution in [-0.4, -0.2) is 54.9 Å². The molecule has 1 N–H and O–H groups in total. The van der Waals surface area contributed by atoms with E-state index in [1.54, 1.807) is 0 Å². The number of carbonyl (C=O) groups is 2. The van der Waals surface area contributed by atoms with Gasteiger partial charge in [-0.15, -0.1) is 0 Å². The van der Waals surface area contributed by atoms with Crippen LogP contribution < -0.4 is 0 Å². The van der Waals surface area contributed by atoms with Crippen LogP contribution in [-0.2, 0) is 25.8 Å². The fourth-order valence-corrected chi connectivity index (χ4v) is 3.97. The van der Waals surface area contributed by atoms with E-state index in [1.807, 2.05) is 30.3 Å². The van der Waals surface area contributed by atoms with Gasteiger partial charge < -0.3 is 10.0 Å². The monoisotopic (exact) mass is 339 g/mol. The van der Waals surface area contributed by atoms with Crippen LogP contribution in [0.1, 0.15) is 18.4 Å². The zero-order valence-corrected chi connectivity index (χ0v) is 13.7. The Morgan fingerprint density at radius 3 is 2.52 bits per heavy atom. The Hall–Kier alpha value is -1.89. The van der Waals surface area contributed by atoms with Gasteiger partial charge in [0, 0.05) is 13.1 Å². The first-order valence-electron chi connectivity index (χ1n) is 7.62. The fourth-order valence-electron chi connectivity index (χ4n) is 2.68. The Morgan fingerprint density at radius 1 is 1.22 bits per heavy atom. The average Bonchev–Trinajstić information content (AvgIpc) is 2.98. The molecule has 2 rings (SSSR count). The molecular formula is C16H21NO5S. The topological polar surface area (TPSA) is 91.8 Å². The Balaban J connectivity index is 1.79. The number of amides is 1. The summed E-state index contributed by atoms with van der Waals surface area (Å²) in [6.07, 6.45) is 1.51. The van der Waals surface area contributed by atoms with Gasteiger partial charge in [-0.2, -0.15) is 0 Å². The second-order valence-electron chi connectivity index (χ2n) is 5.84. The number of carboxylic acid groups (broad SMARTS) is 1. The second kappa shape index (κ2) is 7.59. The number of sulfone groups is 1. The van der Waals surface area contributed by atoms with Gasteiger partial charge in [0.05, 0.1) is 11.7 Å². The molecule has 1 heterocycles. The summed E-state index contributed by atoms with van der Waals surface area (Å²) in [6.45, 7) is 0.420. The van der Waals surface area contributed by atoms with E-state index >= 15 is 0 Å². The first-order chi connectivity index (χ1) is 10.9. The summed E-state index contributed by atoms with van der Waals surface area (Å²) in [5.41, 5.74) is 1.07. The largest absolute Gasteiger partial charge is 0.481 e. The number of carboxylic acids is 1. The first-order valence-corrected chi connectivity index (χ1v) is 9.44. The van der Waals surface area contributed by atoms with Crippen LogP contribution in [0.4, 0.5) is 0 Å².